The highest BCUT2D eigenvalue weighted by molar-refractivity contribution is 4.94. The van der Waals surface area contributed by atoms with E-state index in [1.54, 1.807) is 0 Å². The Morgan fingerprint density at radius 2 is 2.40 bits per heavy atom. The molecule has 1 unspecified atom stereocenters. The van der Waals surface area contributed by atoms with Gasteiger partial charge in [-0.05, 0) is 13.5 Å². The van der Waals surface area contributed by atoms with Crippen LogP contribution in [0.25, 0.3) is 0 Å². The van der Waals surface area contributed by atoms with Crippen LogP contribution in [0.4, 0.5) is 0 Å². The molecule has 3 nitrogen and oxygen atoms in total. The lowest BCUT2D eigenvalue weighted by molar-refractivity contribution is 0.371. The van der Waals surface area contributed by atoms with Gasteiger partial charge in [-0.15, -0.1) is 0 Å². The molecule has 0 bridgehead atoms. The van der Waals surface area contributed by atoms with E-state index in [1.165, 1.54) is 6.42 Å². The van der Waals surface area contributed by atoms with E-state index in [9.17, 15) is 0 Å². The van der Waals surface area contributed by atoms with Gasteiger partial charge in [0.1, 0.15) is 0 Å². The number of likely N-dealkylation sites (N-methyl/N-ethyl adjacent to an activating group) is 1. The molecule has 1 fully saturated rings. The zero-order valence-corrected chi connectivity index (χ0v) is 6.83. The molecule has 1 saturated heterocycles. The monoisotopic (exact) mass is 143 g/mol. The van der Waals surface area contributed by atoms with Crippen LogP contribution in [0.5, 0.6) is 0 Å². The van der Waals surface area contributed by atoms with Crippen molar-refractivity contribution in [1.29, 1.82) is 0 Å². The summed E-state index contributed by atoms with van der Waals surface area (Å²) in [4.78, 5) is 0. The second kappa shape index (κ2) is 3.32. The number of nitrogens with one attached hydrogen (secondary N) is 3. The average Bonchev–Trinajstić information content (AvgIpc) is 2.39. The minimum Gasteiger partial charge on any atom is -0.318 e. The van der Waals surface area contributed by atoms with Crippen molar-refractivity contribution < 1.29 is 0 Å². The lowest BCUT2D eigenvalue weighted by Gasteiger charge is -2.26. The van der Waals surface area contributed by atoms with E-state index in [4.69, 9.17) is 0 Å². The SMILES string of the molecule is CCC1(CNC)CNCN1. The molecule has 0 aromatic heterocycles. The van der Waals surface area contributed by atoms with Gasteiger partial charge in [-0.1, -0.05) is 6.92 Å². The van der Waals surface area contributed by atoms with E-state index < -0.39 is 0 Å². The predicted octanol–water partition coefficient (Wildman–Crippen LogP) is -0.495. The highest BCUT2D eigenvalue weighted by atomic mass is 15.2. The maximum Gasteiger partial charge on any atom is 0.0460 e. The topological polar surface area (TPSA) is 36.1 Å². The average molecular weight is 143 g/mol. The molecule has 0 aromatic rings. The summed E-state index contributed by atoms with van der Waals surface area (Å²) in [6, 6.07) is 0. The van der Waals surface area contributed by atoms with Crippen LogP contribution in [0.2, 0.25) is 0 Å². The molecule has 0 saturated carbocycles. The Hall–Kier alpha value is -0.120. The molecule has 1 aliphatic heterocycles. The highest BCUT2D eigenvalue weighted by Gasteiger charge is 2.29. The number of hydrogen-bond acceptors (Lipinski definition) is 3. The summed E-state index contributed by atoms with van der Waals surface area (Å²) in [6.07, 6.45) is 1.18. The van der Waals surface area contributed by atoms with Gasteiger partial charge in [0.25, 0.3) is 0 Å². The van der Waals surface area contributed by atoms with E-state index in [0.29, 0.717) is 5.54 Å². The van der Waals surface area contributed by atoms with Gasteiger partial charge in [0.15, 0.2) is 0 Å². The summed E-state index contributed by atoms with van der Waals surface area (Å²) < 4.78 is 0. The van der Waals surface area contributed by atoms with E-state index in [1.807, 2.05) is 7.05 Å². The summed E-state index contributed by atoms with van der Waals surface area (Å²) in [5.41, 5.74) is 0.314. The molecular weight excluding hydrogens is 126 g/mol. The molecule has 1 aliphatic rings. The smallest absolute Gasteiger partial charge is 0.0460 e. The molecule has 3 heteroatoms. The molecule has 10 heavy (non-hydrogen) atoms. The van der Waals surface area contributed by atoms with Crippen molar-refractivity contribution >= 4 is 0 Å². The zero-order chi connectivity index (χ0) is 7.45. The molecule has 0 aliphatic carbocycles. The fourth-order valence-corrected chi connectivity index (χ4v) is 1.45. The van der Waals surface area contributed by atoms with Crippen LogP contribution in [-0.2, 0) is 0 Å². The maximum atomic E-state index is 3.45. The highest BCUT2D eigenvalue weighted by Crippen LogP contribution is 2.10. The fourth-order valence-electron chi connectivity index (χ4n) is 1.45. The zero-order valence-electron chi connectivity index (χ0n) is 6.83. The third kappa shape index (κ3) is 1.48. The third-order valence-corrected chi connectivity index (χ3v) is 2.24. The van der Waals surface area contributed by atoms with E-state index in [-0.39, 0.29) is 0 Å². The van der Waals surface area contributed by atoms with Gasteiger partial charge in [0, 0.05) is 25.3 Å². The van der Waals surface area contributed by atoms with Crippen LogP contribution in [0.15, 0.2) is 0 Å². The van der Waals surface area contributed by atoms with Gasteiger partial charge < -0.3 is 10.6 Å². The van der Waals surface area contributed by atoms with Crippen molar-refractivity contribution in [3.05, 3.63) is 0 Å². The first-order chi connectivity index (χ1) is 4.83. The summed E-state index contributed by atoms with van der Waals surface area (Å²) >= 11 is 0. The van der Waals surface area contributed by atoms with Gasteiger partial charge in [-0.25, -0.2) is 0 Å². The van der Waals surface area contributed by atoms with Crippen molar-refractivity contribution in [2.45, 2.75) is 18.9 Å². The molecule has 0 spiro atoms. The second-order valence-electron chi connectivity index (χ2n) is 2.94. The Balaban J connectivity index is 2.41. The van der Waals surface area contributed by atoms with Crippen LogP contribution in [0, 0.1) is 0 Å². The van der Waals surface area contributed by atoms with Crippen molar-refractivity contribution in [3.63, 3.8) is 0 Å². The van der Waals surface area contributed by atoms with Crippen molar-refractivity contribution in [3.8, 4) is 0 Å². The molecular formula is C7H17N3. The first kappa shape index (κ1) is 7.98. The Morgan fingerprint density at radius 3 is 2.80 bits per heavy atom. The molecule has 1 atom stereocenters. The van der Waals surface area contributed by atoms with E-state index in [2.05, 4.69) is 22.9 Å². The van der Waals surface area contributed by atoms with Crippen LogP contribution in [0.3, 0.4) is 0 Å². The van der Waals surface area contributed by atoms with Gasteiger partial charge in [0.05, 0.1) is 0 Å². The van der Waals surface area contributed by atoms with Crippen LogP contribution in [-0.4, -0.2) is 32.3 Å². The van der Waals surface area contributed by atoms with E-state index >= 15 is 0 Å². The summed E-state index contributed by atoms with van der Waals surface area (Å²) in [6.45, 7) is 5.31. The Bertz CT molecular complexity index is 97.0. The largest absolute Gasteiger partial charge is 0.318 e. The van der Waals surface area contributed by atoms with Gasteiger partial charge in [-0.2, -0.15) is 0 Å². The summed E-state index contributed by atoms with van der Waals surface area (Å²) in [5.74, 6) is 0. The predicted molar refractivity (Wildman–Crippen MR) is 43.0 cm³/mol. The Morgan fingerprint density at radius 1 is 1.60 bits per heavy atom. The first-order valence-electron chi connectivity index (χ1n) is 3.93. The fraction of sp³-hybridized carbons (Fsp3) is 1.00. The molecule has 1 rings (SSSR count). The molecule has 0 radical (unpaired) electrons. The standard InChI is InChI=1S/C7H17N3/c1-3-7(4-8-2)5-9-6-10-7/h8-10H,3-6H2,1-2H3. The second-order valence-corrected chi connectivity index (χ2v) is 2.94. The molecule has 60 valence electrons. The quantitative estimate of drug-likeness (QED) is 0.499. The summed E-state index contributed by atoms with van der Waals surface area (Å²) in [5, 5.41) is 9.94. The number of rotatable bonds is 3. The van der Waals surface area contributed by atoms with Gasteiger partial charge in [0.2, 0.25) is 0 Å². The summed E-state index contributed by atoms with van der Waals surface area (Å²) in [7, 11) is 2.00. The third-order valence-electron chi connectivity index (χ3n) is 2.24. The lowest BCUT2D eigenvalue weighted by Crippen LogP contribution is -2.49. The van der Waals surface area contributed by atoms with Gasteiger partial charge >= 0.3 is 0 Å². The van der Waals surface area contributed by atoms with Crippen molar-refractivity contribution in [2.75, 3.05) is 26.8 Å². The molecule has 1 heterocycles. The van der Waals surface area contributed by atoms with Crippen molar-refractivity contribution in [2.24, 2.45) is 0 Å². The molecule has 0 aromatic carbocycles. The minimum atomic E-state index is 0.314. The molecule has 0 amide bonds. The number of hydrogen-bond donors (Lipinski definition) is 3. The van der Waals surface area contributed by atoms with Gasteiger partial charge in [-0.3, -0.25) is 5.32 Å². The Kier molecular flexibility index (Phi) is 2.65. The van der Waals surface area contributed by atoms with Crippen LogP contribution >= 0.6 is 0 Å². The maximum absolute atomic E-state index is 3.45. The Labute approximate surface area is 62.6 Å². The lowest BCUT2D eigenvalue weighted by atomic mass is 9.98. The molecule has 3 N–H and O–H groups in total. The minimum absolute atomic E-state index is 0.314. The van der Waals surface area contributed by atoms with Crippen LogP contribution < -0.4 is 16.0 Å². The van der Waals surface area contributed by atoms with Crippen molar-refractivity contribution in [1.82, 2.24) is 16.0 Å². The first-order valence-corrected chi connectivity index (χ1v) is 3.93. The normalized spacial score (nSPS) is 33.0. The van der Waals surface area contributed by atoms with E-state index in [0.717, 1.165) is 19.8 Å². The van der Waals surface area contributed by atoms with Crippen LogP contribution in [0.1, 0.15) is 13.3 Å².